The minimum atomic E-state index is -3.22. The van der Waals surface area contributed by atoms with Crippen LogP contribution in [0.1, 0.15) is 48.5 Å². The summed E-state index contributed by atoms with van der Waals surface area (Å²) in [6.07, 6.45) is -2.47. The summed E-state index contributed by atoms with van der Waals surface area (Å²) in [5, 5.41) is 14.5. The van der Waals surface area contributed by atoms with Gasteiger partial charge in [-0.05, 0) is 64.0 Å². The van der Waals surface area contributed by atoms with Gasteiger partial charge in [-0.1, -0.05) is 91.0 Å². The Balaban J connectivity index is 2.13. The van der Waals surface area contributed by atoms with E-state index in [0.717, 1.165) is 15.6 Å². The first-order valence-electron chi connectivity index (χ1n) is 13.2. The summed E-state index contributed by atoms with van der Waals surface area (Å²) in [4.78, 5) is 26.6. The summed E-state index contributed by atoms with van der Waals surface area (Å²) in [7, 11) is -3.22. The molecule has 2 atom stereocenters. The first kappa shape index (κ1) is 30.3. The van der Waals surface area contributed by atoms with Crippen molar-refractivity contribution in [3.63, 3.8) is 0 Å². The second-order valence-electron chi connectivity index (χ2n) is 11.6. The molecule has 0 aromatic heterocycles. The van der Waals surface area contributed by atoms with E-state index in [1.54, 1.807) is 48.5 Å². The standard InChI is InChI=1S/C32H40O6Si/c1-23(28(33)27(29(34)36-31(2,3)4)30(35)37-32(5,6)7)38-39(24-17-11-8-12-18-24,25-19-13-9-14-20-25)26-21-15-10-16-22-26/h8-23,27-28,33H,1-7H3/t23-,28+/m0/s1. The quantitative estimate of drug-likeness (QED) is 0.190. The molecule has 3 aromatic rings. The molecule has 0 aliphatic rings. The molecule has 6 nitrogen and oxygen atoms in total. The van der Waals surface area contributed by atoms with Gasteiger partial charge in [0.2, 0.25) is 0 Å². The van der Waals surface area contributed by atoms with E-state index in [1.807, 2.05) is 91.0 Å². The Morgan fingerprint density at radius 3 is 1.23 bits per heavy atom. The first-order valence-corrected chi connectivity index (χ1v) is 15.1. The lowest BCUT2D eigenvalue weighted by molar-refractivity contribution is -0.182. The lowest BCUT2D eigenvalue weighted by atomic mass is 9.98. The van der Waals surface area contributed by atoms with E-state index in [9.17, 15) is 14.7 Å². The molecule has 0 fully saturated rings. The predicted molar refractivity (Wildman–Crippen MR) is 156 cm³/mol. The highest BCUT2D eigenvalue weighted by Gasteiger charge is 2.48. The SMILES string of the molecule is C[C@H](O[Si](c1ccccc1)(c1ccccc1)c1ccccc1)[C@@H](O)C(C(=O)OC(C)(C)C)C(=O)OC(C)(C)C. The molecule has 0 spiro atoms. The van der Waals surface area contributed by atoms with Crippen LogP contribution >= 0.6 is 0 Å². The van der Waals surface area contributed by atoms with Crippen LogP contribution in [0.5, 0.6) is 0 Å². The maximum Gasteiger partial charge on any atom is 0.323 e. The van der Waals surface area contributed by atoms with Crippen molar-refractivity contribution in [3.8, 4) is 0 Å². The summed E-state index contributed by atoms with van der Waals surface area (Å²) in [6.45, 7) is 11.9. The first-order chi connectivity index (χ1) is 18.2. The number of esters is 2. The van der Waals surface area contributed by atoms with E-state index in [4.69, 9.17) is 13.9 Å². The van der Waals surface area contributed by atoms with E-state index in [2.05, 4.69) is 0 Å². The molecule has 39 heavy (non-hydrogen) atoms. The summed E-state index contributed by atoms with van der Waals surface area (Å²) >= 11 is 0. The fourth-order valence-electron chi connectivity index (χ4n) is 4.45. The van der Waals surface area contributed by atoms with Crippen molar-refractivity contribution in [2.45, 2.75) is 71.9 Å². The van der Waals surface area contributed by atoms with Crippen LogP contribution in [0.15, 0.2) is 91.0 Å². The number of benzene rings is 3. The number of carbonyl (C=O) groups is 2. The number of ether oxygens (including phenoxy) is 2. The Hall–Kier alpha value is -3.26. The van der Waals surface area contributed by atoms with Gasteiger partial charge in [-0.15, -0.1) is 0 Å². The van der Waals surface area contributed by atoms with Gasteiger partial charge >= 0.3 is 11.9 Å². The van der Waals surface area contributed by atoms with Crippen molar-refractivity contribution in [3.05, 3.63) is 91.0 Å². The molecule has 1 N–H and O–H groups in total. The minimum absolute atomic E-state index is 0.855. The predicted octanol–water partition coefficient (Wildman–Crippen LogP) is 3.72. The van der Waals surface area contributed by atoms with Crippen LogP contribution in [-0.4, -0.2) is 48.8 Å². The number of rotatable bonds is 9. The Kier molecular flexibility index (Phi) is 9.54. The molecule has 0 radical (unpaired) electrons. The highest BCUT2D eigenvalue weighted by Crippen LogP contribution is 2.24. The molecular formula is C32H40O6Si. The molecule has 0 unspecified atom stereocenters. The summed E-state index contributed by atoms with van der Waals surface area (Å²) < 4.78 is 18.1. The molecular weight excluding hydrogens is 508 g/mol. The largest absolute Gasteiger partial charge is 0.459 e. The highest BCUT2D eigenvalue weighted by atomic mass is 28.4. The van der Waals surface area contributed by atoms with E-state index in [0.29, 0.717) is 0 Å². The molecule has 0 saturated carbocycles. The van der Waals surface area contributed by atoms with Crippen molar-refractivity contribution >= 4 is 35.8 Å². The topological polar surface area (TPSA) is 82.1 Å². The molecule has 0 bridgehead atoms. The molecule has 0 saturated heterocycles. The van der Waals surface area contributed by atoms with Gasteiger partial charge in [0.05, 0.1) is 6.10 Å². The van der Waals surface area contributed by atoms with Crippen LogP contribution in [0, 0.1) is 5.92 Å². The highest BCUT2D eigenvalue weighted by molar-refractivity contribution is 7.07. The van der Waals surface area contributed by atoms with Gasteiger partial charge in [-0.25, -0.2) is 0 Å². The average molecular weight is 549 g/mol. The minimum Gasteiger partial charge on any atom is -0.459 e. The summed E-state index contributed by atoms with van der Waals surface area (Å²) in [6, 6.07) is 29.7. The molecule has 0 aliphatic carbocycles. The number of hydrogen-bond donors (Lipinski definition) is 1. The summed E-state index contributed by atoms with van der Waals surface area (Å²) in [5.74, 6) is -3.30. The normalized spacial score (nSPS) is 14.0. The second kappa shape index (κ2) is 12.3. The van der Waals surface area contributed by atoms with Crippen molar-refractivity contribution in [2.24, 2.45) is 5.92 Å². The van der Waals surface area contributed by atoms with Gasteiger partial charge in [-0.3, -0.25) is 9.59 Å². The molecule has 3 rings (SSSR count). The third-order valence-electron chi connectivity index (χ3n) is 6.05. The van der Waals surface area contributed by atoms with Crippen molar-refractivity contribution in [1.29, 1.82) is 0 Å². The van der Waals surface area contributed by atoms with E-state index in [1.165, 1.54) is 0 Å². The number of carbonyl (C=O) groups excluding carboxylic acids is 2. The second-order valence-corrected chi connectivity index (χ2v) is 15.0. The Morgan fingerprint density at radius 1 is 0.641 bits per heavy atom. The zero-order valence-corrected chi connectivity index (χ0v) is 24.9. The van der Waals surface area contributed by atoms with Gasteiger partial charge < -0.3 is 19.0 Å². The van der Waals surface area contributed by atoms with Crippen molar-refractivity contribution < 1.29 is 28.6 Å². The van der Waals surface area contributed by atoms with E-state index >= 15 is 0 Å². The molecule has 0 aliphatic heterocycles. The van der Waals surface area contributed by atoms with Crippen molar-refractivity contribution in [2.75, 3.05) is 0 Å². The van der Waals surface area contributed by atoms with Gasteiger partial charge in [0.25, 0.3) is 8.32 Å². The van der Waals surface area contributed by atoms with Crippen LogP contribution in [0.2, 0.25) is 0 Å². The Labute approximate surface area is 233 Å². The van der Waals surface area contributed by atoms with Gasteiger partial charge in [-0.2, -0.15) is 0 Å². The van der Waals surface area contributed by atoms with E-state index < -0.39 is 49.6 Å². The lowest BCUT2D eigenvalue weighted by Crippen LogP contribution is -2.71. The Morgan fingerprint density at radius 2 is 0.949 bits per heavy atom. The number of aliphatic hydroxyl groups excluding tert-OH is 1. The average Bonchev–Trinajstić information content (AvgIpc) is 2.86. The lowest BCUT2D eigenvalue weighted by Gasteiger charge is -2.38. The van der Waals surface area contributed by atoms with Crippen LogP contribution in [0.25, 0.3) is 0 Å². The maximum atomic E-state index is 13.3. The van der Waals surface area contributed by atoms with Crippen LogP contribution in [0.3, 0.4) is 0 Å². The van der Waals surface area contributed by atoms with Crippen LogP contribution < -0.4 is 15.6 Å². The fraction of sp³-hybridized carbons (Fsp3) is 0.375. The van der Waals surface area contributed by atoms with Gasteiger partial charge in [0.1, 0.15) is 17.3 Å². The monoisotopic (exact) mass is 548 g/mol. The Bertz CT molecular complexity index is 1090. The zero-order valence-electron chi connectivity index (χ0n) is 23.9. The molecule has 0 amide bonds. The fourth-order valence-corrected chi connectivity index (χ4v) is 8.54. The molecule has 7 heteroatoms. The van der Waals surface area contributed by atoms with Gasteiger partial charge in [0, 0.05) is 0 Å². The third-order valence-corrected chi connectivity index (χ3v) is 10.2. The van der Waals surface area contributed by atoms with Crippen LogP contribution in [-0.2, 0) is 23.5 Å². The smallest absolute Gasteiger partial charge is 0.323 e. The molecule has 208 valence electrons. The van der Waals surface area contributed by atoms with Crippen molar-refractivity contribution in [1.82, 2.24) is 0 Å². The number of hydrogen-bond acceptors (Lipinski definition) is 6. The molecule has 0 heterocycles. The zero-order chi connectivity index (χ0) is 28.8. The third kappa shape index (κ3) is 7.65. The van der Waals surface area contributed by atoms with Gasteiger partial charge in [0.15, 0.2) is 5.92 Å². The maximum absolute atomic E-state index is 13.3. The molecule has 3 aromatic carbocycles. The number of aliphatic hydroxyl groups is 1. The van der Waals surface area contributed by atoms with Crippen LogP contribution in [0.4, 0.5) is 0 Å². The summed E-state index contributed by atoms with van der Waals surface area (Å²) in [5.41, 5.74) is -1.73. The van der Waals surface area contributed by atoms with E-state index in [-0.39, 0.29) is 0 Å².